The Balaban J connectivity index is 2.17. The van der Waals surface area contributed by atoms with Crippen molar-refractivity contribution in [2.75, 3.05) is 5.88 Å². The van der Waals surface area contributed by atoms with Gasteiger partial charge in [0, 0.05) is 24.4 Å². The first-order valence-electron chi connectivity index (χ1n) is 7.53. The molecule has 0 bridgehead atoms. The molecule has 3 rings (SSSR count). The topological polar surface area (TPSA) is 17.8 Å². The number of aryl methyl sites for hydroxylation is 1. The Morgan fingerprint density at radius 1 is 1.38 bits per heavy atom. The Hall–Kier alpha value is -0.610. The van der Waals surface area contributed by atoms with E-state index in [-0.39, 0.29) is 5.82 Å². The fourth-order valence-electron chi connectivity index (χ4n) is 3.45. The molecule has 0 radical (unpaired) electrons. The molecule has 1 aliphatic carbocycles. The van der Waals surface area contributed by atoms with Crippen LogP contribution in [0.2, 0.25) is 0 Å². The highest BCUT2D eigenvalue weighted by Gasteiger charge is 2.27. The second-order valence-corrected chi connectivity index (χ2v) is 7.15. The van der Waals surface area contributed by atoms with E-state index >= 15 is 0 Å². The number of imidazole rings is 1. The number of hydrogen-bond acceptors (Lipinski definition) is 1. The van der Waals surface area contributed by atoms with Gasteiger partial charge in [0.1, 0.15) is 11.6 Å². The summed E-state index contributed by atoms with van der Waals surface area (Å²) >= 11 is 9.23. The lowest BCUT2D eigenvalue weighted by Crippen LogP contribution is -2.23. The summed E-state index contributed by atoms with van der Waals surface area (Å²) in [5.74, 6) is 1.88. The molecule has 2 nitrogen and oxygen atoms in total. The molecule has 21 heavy (non-hydrogen) atoms. The molecule has 2 aromatic rings. The minimum Gasteiger partial charge on any atom is -0.325 e. The van der Waals surface area contributed by atoms with Gasteiger partial charge < -0.3 is 4.57 Å². The van der Waals surface area contributed by atoms with E-state index in [4.69, 9.17) is 11.6 Å². The molecular formula is C16H19BrClFN2. The second-order valence-electron chi connectivity index (χ2n) is 5.92. The van der Waals surface area contributed by atoms with Gasteiger partial charge in [0.25, 0.3) is 0 Å². The van der Waals surface area contributed by atoms with Crippen molar-refractivity contribution in [3.05, 3.63) is 28.2 Å². The van der Waals surface area contributed by atoms with Crippen molar-refractivity contribution in [3.63, 3.8) is 0 Å². The summed E-state index contributed by atoms with van der Waals surface area (Å²) < 4.78 is 16.6. The van der Waals surface area contributed by atoms with Crippen LogP contribution in [0.5, 0.6) is 0 Å². The van der Waals surface area contributed by atoms with Crippen LogP contribution in [0, 0.1) is 11.7 Å². The largest absolute Gasteiger partial charge is 0.325 e. The molecule has 1 aromatic heterocycles. The van der Waals surface area contributed by atoms with Crippen molar-refractivity contribution >= 4 is 38.6 Å². The standard InChI is InChI=1S/C16H19BrClFN2/c1-10-4-2-3-5-14(10)21-15-8-11(17)12(19)9-13(15)20-16(21)6-7-18/h8-10,14H,2-7H2,1H3. The fourth-order valence-corrected chi connectivity index (χ4v) is 3.95. The Morgan fingerprint density at radius 2 is 2.14 bits per heavy atom. The summed E-state index contributed by atoms with van der Waals surface area (Å²) in [7, 11) is 0. The molecule has 114 valence electrons. The number of fused-ring (bicyclic) bond motifs is 1. The minimum absolute atomic E-state index is 0.263. The lowest BCUT2D eigenvalue weighted by molar-refractivity contribution is 0.257. The maximum atomic E-state index is 13.8. The molecule has 1 aliphatic rings. The zero-order valence-corrected chi connectivity index (χ0v) is 14.4. The number of aromatic nitrogens is 2. The number of nitrogens with zero attached hydrogens (tertiary/aromatic N) is 2. The van der Waals surface area contributed by atoms with E-state index in [1.165, 1.54) is 25.3 Å². The van der Waals surface area contributed by atoms with Gasteiger partial charge in [-0.15, -0.1) is 11.6 Å². The summed E-state index contributed by atoms with van der Waals surface area (Å²) in [4.78, 5) is 4.63. The molecule has 1 aromatic carbocycles. The summed E-state index contributed by atoms with van der Waals surface area (Å²) in [6, 6.07) is 3.82. The van der Waals surface area contributed by atoms with Gasteiger partial charge in [-0.1, -0.05) is 19.8 Å². The van der Waals surface area contributed by atoms with Gasteiger partial charge in [-0.05, 0) is 40.8 Å². The lowest BCUT2D eigenvalue weighted by Gasteiger charge is -2.31. The third kappa shape index (κ3) is 2.85. The zero-order chi connectivity index (χ0) is 15.0. The van der Waals surface area contributed by atoms with E-state index in [1.54, 1.807) is 0 Å². The summed E-state index contributed by atoms with van der Waals surface area (Å²) in [5, 5.41) is 0. The Labute approximate surface area is 137 Å². The van der Waals surface area contributed by atoms with Gasteiger partial charge in [0.2, 0.25) is 0 Å². The second kappa shape index (κ2) is 6.25. The number of rotatable bonds is 3. The number of alkyl halides is 1. The minimum atomic E-state index is -0.263. The molecular weight excluding hydrogens is 355 g/mol. The molecule has 1 saturated carbocycles. The van der Waals surface area contributed by atoms with Gasteiger partial charge in [0.15, 0.2) is 0 Å². The van der Waals surface area contributed by atoms with Gasteiger partial charge in [-0.2, -0.15) is 0 Å². The third-order valence-corrected chi connectivity index (χ3v) is 5.32. The summed E-state index contributed by atoms with van der Waals surface area (Å²) in [6.07, 6.45) is 5.67. The van der Waals surface area contributed by atoms with Crippen molar-refractivity contribution in [3.8, 4) is 0 Å². The number of benzene rings is 1. The first kappa shape index (κ1) is 15.3. The molecule has 1 heterocycles. The van der Waals surface area contributed by atoms with Crippen molar-refractivity contribution < 1.29 is 4.39 Å². The first-order valence-corrected chi connectivity index (χ1v) is 8.86. The van der Waals surface area contributed by atoms with Crippen molar-refractivity contribution in [1.29, 1.82) is 0 Å². The van der Waals surface area contributed by atoms with Crippen LogP contribution in [0.4, 0.5) is 4.39 Å². The average Bonchev–Trinajstić information content (AvgIpc) is 2.78. The maximum absolute atomic E-state index is 13.8. The van der Waals surface area contributed by atoms with Crippen molar-refractivity contribution in [1.82, 2.24) is 9.55 Å². The molecule has 0 N–H and O–H groups in total. The highest BCUT2D eigenvalue weighted by Crippen LogP contribution is 2.37. The molecule has 0 aliphatic heterocycles. The molecule has 1 fully saturated rings. The SMILES string of the molecule is CC1CCCCC1n1c(CCCl)nc2cc(F)c(Br)cc21. The van der Waals surface area contributed by atoms with Crippen LogP contribution in [0.25, 0.3) is 11.0 Å². The van der Waals surface area contributed by atoms with Gasteiger partial charge in [-0.3, -0.25) is 0 Å². The molecule has 0 spiro atoms. The van der Waals surface area contributed by atoms with E-state index in [2.05, 4.69) is 32.4 Å². The average molecular weight is 374 g/mol. The predicted molar refractivity (Wildman–Crippen MR) is 88.5 cm³/mol. The highest BCUT2D eigenvalue weighted by atomic mass is 79.9. The van der Waals surface area contributed by atoms with E-state index in [0.29, 0.717) is 22.3 Å². The fraction of sp³-hybridized carbons (Fsp3) is 0.562. The summed E-state index contributed by atoms with van der Waals surface area (Å²) in [5.41, 5.74) is 1.75. The van der Waals surface area contributed by atoms with E-state index in [1.807, 2.05) is 6.07 Å². The molecule has 5 heteroatoms. The van der Waals surface area contributed by atoms with E-state index in [0.717, 1.165) is 29.7 Å². The summed E-state index contributed by atoms with van der Waals surface area (Å²) in [6.45, 7) is 2.30. The molecule has 2 unspecified atom stereocenters. The number of hydrogen-bond donors (Lipinski definition) is 0. The predicted octanol–water partition coefficient (Wildman–Crippen LogP) is 5.47. The monoisotopic (exact) mass is 372 g/mol. The quantitative estimate of drug-likeness (QED) is 0.652. The van der Waals surface area contributed by atoms with E-state index in [9.17, 15) is 4.39 Å². The number of halogens is 3. The van der Waals surface area contributed by atoms with E-state index < -0.39 is 0 Å². The lowest BCUT2D eigenvalue weighted by atomic mass is 9.85. The van der Waals surface area contributed by atoms with Crippen LogP contribution < -0.4 is 0 Å². The smallest absolute Gasteiger partial charge is 0.139 e. The van der Waals surface area contributed by atoms with Crippen LogP contribution in [0.3, 0.4) is 0 Å². The van der Waals surface area contributed by atoms with Crippen molar-refractivity contribution in [2.24, 2.45) is 5.92 Å². The molecule has 0 saturated heterocycles. The molecule has 2 atom stereocenters. The zero-order valence-electron chi connectivity index (χ0n) is 12.1. The van der Waals surface area contributed by atoms with Crippen LogP contribution in [0.15, 0.2) is 16.6 Å². The third-order valence-electron chi connectivity index (χ3n) is 4.52. The maximum Gasteiger partial charge on any atom is 0.139 e. The van der Waals surface area contributed by atoms with Gasteiger partial charge in [-0.25, -0.2) is 9.37 Å². The molecule has 0 amide bonds. The van der Waals surface area contributed by atoms with Gasteiger partial charge >= 0.3 is 0 Å². The Morgan fingerprint density at radius 3 is 2.86 bits per heavy atom. The Bertz CT molecular complexity index is 655. The Kier molecular flexibility index (Phi) is 4.55. The van der Waals surface area contributed by atoms with Gasteiger partial charge in [0.05, 0.1) is 15.5 Å². The van der Waals surface area contributed by atoms with Crippen LogP contribution >= 0.6 is 27.5 Å². The normalized spacial score (nSPS) is 22.9. The van der Waals surface area contributed by atoms with Crippen molar-refractivity contribution in [2.45, 2.75) is 45.1 Å². The van der Waals surface area contributed by atoms with Crippen LogP contribution in [0.1, 0.15) is 44.5 Å². The first-order chi connectivity index (χ1) is 10.1. The van der Waals surface area contributed by atoms with Crippen LogP contribution in [-0.2, 0) is 6.42 Å². The highest BCUT2D eigenvalue weighted by molar-refractivity contribution is 9.10. The van der Waals surface area contributed by atoms with Crippen LogP contribution in [-0.4, -0.2) is 15.4 Å².